The number of hydrogen-bond donors (Lipinski definition) is 1. The number of likely N-dealkylation sites (tertiary alicyclic amines) is 2. The molecule has 2 aliphatic heterocycles. The van der Waals surface area contributed by atoms with Crippen LogP contribution in [0.25, 0.3) is 0 Å². The van der Waals surface area contributed by atoms with E-state index in [0.29, 0.717) is 12.0 Å². The van der Waals surface area contributed by atoms with Gasteiger partial charge in [-0.3, -0.25) is 4.79 Å². The smallest absolute Gasteiger partial charge is 0.239 e. The molecule has 2 rings (SSSR count). The van der Waals surface area contributed by atoms with Crippen LogP contribution in [0, 0.1) is 5.92 Å². The number of hydrogen-bond acceptors (Lipinski definition) is 3. The van der Waals surface area contributed by atoms with Crippen LogP contribution in [0.15, 0.2) is 0 Å². The van der Waals surface area contributed by atoms with Crippen molar-refractivity contribution in [2.24, 2.45) is 11.7 Å². The van der Waals surface area contributed by atoms with Crippen LogP contribution >= 0.6 is 0 Å². The Morgan fingerprint density at radius 3 is 2.75 bits per heavy atom. The van der Waals surface area contributed by atoms with Gasteiger partial charge in [-0.1, -0.05) is 13.3 Å². The van der Waals surface area contributed by atoms with Gasteiger partial charge in [0.1, 0.15) is 0 Å². The first kappa shape index (κ1) is 15.8. The molecule has 2 fully saturated rings. The summed E-state index contributed by atoms with van der Waals surface area (Å²) >= 11 is 0. The van der Waals surface area contributed by atoms with Gasteiger partial charge >= 0.3 is 0 Å². The van der Waals surface area contributed by atoms with Crippen molar-refractivity contribution >= 4 is 5.91 Å². The molecule has 0 unspecified atom stereocenters. The standard InChI is InChI=1S/C16H31N3O/c1-3-15(17)16(20)19-10-6-8-14(12-19)11-18-9-5-4-7-13(18)2/h13-15H,3-12,17H2,1-2H3/t13-,14+,15-/m0/s1. The minimum absolute atomic E-state index is 0.156. The summed E-state index contributed by atoms with van der Waals surface area (Å²) in [4.78, 5) is 16.9. The topological polar surface area (TPSA) is 49.6 Å². The van der Waals surface area contributed by atoms with Gasteiger partial charge in [-0.25, -0.2) is 0 Å². The molecule has 2 heterocycles. The molecule has 1 amide bonds. The second-order valence-corrected chi connectivity index (χ2v) is 6.65. The van der Waals surface area contributed by atoms with Crippen molar-refractivity contribution < 1.29 is 4.79 Å². The maximum absolute atomic E-state index is 12.2. The van der Waals surface area contributed by atoms with Gasteiger partial charge in [-0.15, -0.1) is 0 Å². The Morgan fingerprint density at radius 1 is 1.25 bits per heavy atom. The van der Waals surface area contributed by atoms with Crippen LogP contribution in [-0.2, 0) is 4.79 Å². The molecule has 0 radical (unpaired) electrons. The van der Waals surface area contributed by atoms with Crippen molar-refractivity contribution in [3.8, 4) is 0 Å². The molecule has 2 N–H and O–H groups in total. The highest BCUT2D eigenvalue weighted by Gasteiger charge is 2.29. The lowest BCUT2D eigenvalue weighted by atomic mass is 9.94. The summed E-state index contributed by atoms with van der Waals surface area (Å²) in [5.74, 6) is 0.793. The minimum atomic E-state index is -0.303. The number of rotatable bonds is 4. The van der Waals surface area contributed by atoms with Crippen molar-refractivity contribution in [3.63, 3.8) is 0 Å². The summed E-state index contributed by atoms with van der Waals surface area (Å²) in [6.45, 7) is 8.54. The molecular weight excluding hydrogens is 250 g/mol. The number of nitrogens with zero attached hydrogens (tertiary/aromatic N) is 2. The van der Waals surface area contributed by atoms with Crippen molar-refractivity contribution in [2.75, 3.05) is 26.2 Å². The molecule has 2 saturated heterocycles. The van der Waals surface area contributed by atoms with Gasteiger partial charge < -0.3 is 15.5 Å². The summed E-state index contributed by atoms with van der Waals surface area (Å²) in [7, 11) is 0. The van der Waals surface area contributed by atoms with Gasteiger partial charge in [0.15, 0.2) is 0 Å². The second kappa shape index (κ2) is 7.41. The lowest BCUT2D eigenvalue weighted by Crippen LogP contribution is -2.50. The largest absolute Gasteiger partial charge is 0.341 e. The maximum Gasteiger partial charge on any atom is 0.239 e. The van der Waals surface area contributed by atoms with Crippen LogP contribution in [0.2, 0.25) is 0 Å². The molecule has 0 aromatic carbocycles. The van der Waals surface area contributed by atoms with E-state index in [9.17, 15) is 4.79 Å². The van der Waals surface area contributed by atoms with Crippen LogP contribution in [0.5, 0.6) is 0 Å². The lowest BCUT2D eigenvalue weighted by Gasteiger charge is -2.40. The van der Waals surface area contributed by atoms with Crippen LogP contribution in [0.4, 0.5) is 0 Å². The molecular formula is C16H31N3O. The first-order valence-electron chi connectivity index (χ1n) is 8.40. The number of carbonyl (C=O) groups is 1. The normalized spacial score (nSPS) is 30.2. The molecule has 4 nitrogen and oxygen atoms in total. The Balaban J connectivity index is 1.85. The Kier molecular flexibility index (Phi) is 5.85. The molecule has 3 atom stereocenters. The summed E-state index contributed by atoms with van der Waals surface area (Å²) in [5.41, 5.74) is 5.90. The molecule has 0 saturated carbocycles. The molecule has 2 aliphatic rings. The highest BCUT2D eigenvalue weighted by molar-refractivity contribution is 5.81. The molecule has 20 heavy (non-hydrogen) atoms. The predicted octanol–water partition coefficient (Wildman–Crippen LogP) is 1.84. The van der Waals surface area contributed by atoms with Crippen LogP contribution in [0.1, 0.15) is 52.4 Å². The summed E-state index contributed by atoms with van der Waals surface area (Å²) in [6.07, 6.45) is 7.17. The molecule has 0 aromatic heterocycles. The van der Waals surface area contributed by atoms with Gasteiger partial charge in [0.25, 0.3) is 0 Å². The van der Waals surface area contributed by atoms with E-state index in [2.05, 4.69) is 11.8 Å². The highest BCUT2D eigenvalue weighted by Crippen LogP contribution is 2.23. The predicted molar refractivity (Wildman–Crippen MR) is 82.5 cm³/mol. The number of amides is 1. The zero-order chi connectivity index (χ0) is 14.5. The second-order valence-electron chi connectivity index (χ2n) is 6.65. The van der Waals surface area contributed by atoms with Crippen LogP contribution in [-0.4, -0.2) is 54.0 Å². The van der Waals surface area contributed by atoms with E-state index in [0.717, 1.165) is 32.5 Å². The van der Waals surface area contributed by atoms with Gasteiger partial charge in [0.2, 0.25) is 5.91 Å². The third-order valence-corrected chi connectivity index (χ3v) is 5.02. The van der Waals surface area contributed by atoms with E-state index in [4.69, 9.17) is 5.73 Å². The zero-order valence-corrected chi connectivity index (χ0v) is 13.2. The van der Waals surface area contributed by atoms with Crippen molar-refractivity contribution in [1.82, 2.24) is 9.80 Å². The Labute approximate surface area is 123 Å². The van der Waals surface area contributed by atoms with Crippen molar-refractivity contribution in [3.05, 3.63) is 0 Å². The third-order valence-electron chi connectivity index (χ3n) is 5.02. The van der Waals surface area contributed by atoms with Crippen molar-refractivity contribution in [2.45, 2.75) is 64.5 Å². The van der Waals surface area contributed by atoms with Crippen LogP contribution in [0.3, 0.4) is 0 Å². The third kappa shape index (κ3) is 3.95. The molecule has 0 spiro atoms. The fourth-order valence-electron chi connectivity index (χ4n) is 3.58. The quantitative estimate of drug-likeness (QED) is 0.855. The summed E-state index contributed by atoms with van der Waals surface area (Å²) in [6, 6.07) is 0.412. The van der Waals surface area contributed by atoms with Gasteiger partial charge in [-0.2, -0.15) is 0 Å². The Hall–Kier alpha value is -0.610. The zero-order valence-electron chi connectivity index (χ0n) is 13.2. The maximum atomic E-state index is 12.2. The Morgan fingerprint density at radius 2 is 2.05 bits per heavy atom. The molecule has 116 valence electrons. The molecule has 0 bridgehead atoms. The van der Waals surface area contributed by atoms with Gasteiger partial charge in [-0.05, 0) is 51.5 Å². The van der Waals surface area contributed by atoms with Gasteiger partial charge in [0.05, 0.1) is 6.04 Å². The van der Waals surface area contributed by atoms with E-state index in [1.165, 1.54) is 32.2 Å². The summed E-state index contributed by atoms with van der Waals surface area (Å²) < 4.78 is 0. The van der Waals surface area contributed by atoms with E-state index >= 15 is 0 Å². The fourth-order valence-corrected chi connectivity index (χ4v) is 3.58. The van der Waals surface area contributed by atoms with Crippen molar-refractivity contribution in [1.29, 1.82) is 0 Å². The number of piperidine rings is 2. The molecule has 0 aliphatic carbocycles. The van der Waals surface area contributed by atoms with E-state index < -0.39 is 0 Å². The average molecular weight is 281 g/mol. The number of nitrogens with two attached hydrogens (primary N) is 1. The SMILES string of the molecule is CC[C@H](N)C(=O)N1CCC[C@H](CN2CCCC[C@@H]2C)C1. The molecule has 4 heteroatoms. The monoisotopic (exact) mass is 281 g/mol. The Bertz CT molecular complexity index is 321. The van der Waals surface area contributed by atoms with E-state index in [1.54, 1.807) is 0 Å². The molecule has 0 aromatic rings. The first-order valence-corrected chi connectivity index (χ1v) is 8.40. The summed E-state index contributed by atoms with van der Waals surface area (Å²) in [5, 5.41) is 0. The number of carbonyl (C=O) groups excluding carboxylic acids is 1. The van der Waals surface area contributed by atoms with E-state index in [1.807, 2.05) is 11.8 Å². The minimum Gasteiger partial charge on any atom is -0.341 e. The van der Waals surface area contributed by atoms with E-state index in [-0.39, 0.29) is 11.9 Å². The first-order chi connectivity index (χ1) is 9.61. The average Bonchev–Trinajstić information content (AvgIpc) is 2.48. The highest BCUT2D eigenvalue weighted by atomic mass is 16.2. The fraction of sp³-hybridized carbons (Fsp3) is 0.938. The van der Waals surface area contributed by atoms with Crippen LogP contribution < -0.4 is 5.73 Å². The van der Waals surface area contributed by atoms with Gasteiger partial charge in [0, 0.05) is 25.7 Å². The lowest BCUT2D eigenvalue weighted by molar-refractivity contribution is -0.134.